The molecule has 0 saturated heterocycles. The number of aromatic nitrogens is 2. The van der Waals surface area contributed by atoms with E-state index in [4.69, 9.17) is 17.3 Å². The first-order valence-corrected chi connectivity index (χ1v) is 5.98. The van der Waals surface area contributed by atoms with Crippen molar-refractivity contribution in [3.05, 3.63) is 52.3 Å². The zero-order valence-corrected chi connectivity index (χ0v) is 10.8. The molecule has 90 valence electrons. The van der Waals surface area contributed by atoms with E-state index in [2.05, 4.69) is 5.10 Å². The van der Waals surface area contributed by atoms with Crippen LogP contribution in [-0.4, -0.2) is 16.3 Å². The van der Waals surface area contributed by atoms with Crippen LogP contribution in [-0.2, 0) is 0 Å². The standard InChI is InChI=1S/C13H16ClN3/c1-9-6-10(2)17(16-9)13(8-15)11-4-3-5-12(14)7-11/h3-7,13H,8,15H2,1-2H3. The zero-order chi connectivity index (χ0) is 12.4. The Hall–Kier alpha value is -1.32. The predicted octanol–water partition coefficient (Wildman–Crippen LogP) is 2.70. The van der Waals surface area contributed by atoms with Gasteiger partial charge in [0.1, 0.15) is 0 Å². The first kappa shape index (κ1) is 12.1. The van der Waals surface area contributed by atoms with E-state index in [9.17, 15) is 0 Å². The van der Waals surface area contributed by atoms with E-state index in [0.717, 1.165) is 22.0 Å². The summed E-state index contributed by atoms with van der Waals surface area (Å²) in [7, 11) is 0. The molecular formula is C13H16ClN3. The van der Waals surface area contributed by atoms with Crippen molar-refractivity contribution in [2.24, 2.45) is 5.73 Å². The van der Waals surface area contributed by atoms with Gasteiger partial charge in [-0.1, -0.05) is 23.7 Å². The second-order valence-electron chi connectivity index (χ2n) is 4.18. The molecule has 1 unspecified atom stereocenters. The molecule has 2 rings (SSSR count). The highest BCUT2D eigenvalue weighted by atomic mass is 35.5. The van der Waals surface area contributed by atoms with E-state index < -0.39 is 0 Å². The van der Waals surface area contributed by atoms with Crippen LogP contribution in [0.25, 0.3) is 0 Å². The molecule has 17 heavy (non-hydrogen) atoms. The van der Waals surface area contributed by atoms with Crippen molar-refractivity contribution in [1.29, 1.82) is 0 Å². The number of hydrogen-bond donors (Lipinski definition) is 1. The Morgan fingerprint density at radius 2 is 2.12 bits per heavy atom. The van der Waals surface area contributed by atoms with Crippen molar-refractivity contribution in [3.8, 4) is 0 Å². The Morgan fingerprint density at radius 3 is 2.65 bits per heavy atom. The van der Waals surface area contributed by atoms with E-state index in [1.54, 1.807) is 0 Å². The molecule has 1 aromatic carbocycles. The van der Waals surface area contributed by atoms with Crippen LogP contribution < -0.4 is 5.73 Å². The van der Waals surface area contributed by atoms with Gasteiger partial charge in [0.15, 0.2) is 0 Å². The number of nitrogens with two attached hydrogens (primary N) is 1. The van der Waals surface area contributed by atoms with Gasteiger partial charge in [-0.05, 0) is 37.6 Å². The minimum atomic E-state index is 0.0439. The second kappa shape index (κ2) is 4.90. The van der Waals surface area contributed by atoms with Gasteiger partial charge in [-0.2, -0.15) is 5.10 Å². The number of rotatable bonds is 3. The highest BCUT2D eigenvalue weighted by Crippen LogP contribution is 2.22. The summed E-state index contributed by atoms with van der Waals surface area (Å²) in [6, 6.07) is 9.86. The lowest BCUT2D eigenvalue weighted by Gasteiger charge is -2.18. The minimum absolute atomic E-state index is 0.0439. The first-order valence-electron chi connectivity index (χ1n) is 5.60. The Morgan fingerprint density at radius 1 is 1.35 bits per heavy atom. The molecule has 0 aliphatic heterocycles. The molecule has 1 aromatic heterocycles. The topological polar surface area (TPSA) is 43.8 Å². The Bertz CT molecular complexity index is 519. The fourth-order valence-electron chi connectivity index (χ4n) is 2.05. The Labute approximate surface area is 106 Å². The number of benzene rings is 1. The summed E-state index contributed by atoms with van der Waals surface area (Å²) in [6.07, 6.45) is 0. The van der Waals surface area contributed by atoms with Crippen molar-refractivity contribution in [2.75, 3.05) is 6.54 Å². The molecule has 0 amide bonds. The average molecular weight is 250 g/mol. The van der Waals surface area contributed by atoms with Gasteiger partial charge < -0.3 is 5.73 Å². The van der Waals surface area contributed by atoms with E-state index in [-0.39, 0.29) is 6.04 Å². The van der Waals surface area contributed by atoms with Crippen molar-refractivity contribution >= 4 is 11.6 Å². The van der Waals surface area contributed by atoms with Crippen LogP contribution >= 0.6 is 11.6 Å². The van der Waals surface area contributed by atoms with E-state index >= 15 is 0 Å². The number of halogens is 1. The fraction of sp³-hybridized carbons (Fsp3) is 0.308. The normalized spacial score (nSPS) is 12.7. The highest BCUT2D eigenvalue weighted by Gasteiger charge is 2.15. The molecular weight excluding hydrogens is 234 g/mol. The molecule has 0 radical (unpaired) electrons. The molecule has 1 atom stereocenters. The number of nitrogens with zero attached hydrogens (tertiary/aromatic N) is 2. The molecule has 2 N–H and O–H groups in total. The third-order valence-corrected chi connectivity index (χ3v) is 3.03. The molecule has 0 saturated carbocycles. The van der Waals surface area contributed by atoms with Crippen molar-refractivity contribution < 1.29 is 0 Å². The van der Waals surface area contributed by atoms with Crippen LogP contribution in [0.4, 0.5) is 0 Å². The monoisotopic (exact) mass is 249 g/mol. The van der Waals surface area contributed by atoms with Crippen LogP contribution in [0.1, 0.15) is 23.0 Å². The Balaban J connectivity index is 2.43. The predicted molar refractivity (Wildman–Crippen MR) is 70.3 cm³/mol. The summed E-state index contributed by atoms with van der Waals surface area (Å²) in [5.41, 5.74) is 9.06. The van der Waals surface area contributed by atoms with E-state index in [1.807, 2.05) is 48.9 Å². The lowest BCUT2D eigenvalue weighted by Crippen LogP contribution is -2.22. The Kier molecular flexibility index (Phi) is 3.50. The van der Waals surface area contributed by atoms with Gasteiger partial charge >= 0.3 is 0 Å². The van der Waals surface area contributed by atoms with Crippen LogP contribution in [0.15, 0.2) is 30.3 Å². The lowest BCUT2D eigenvalue weighted by molar-refractivity contribution is 0.516. The third kappa shape index (κ3) is 2.51. The zero-order valence-electron chi connectivity index (χ0n) is 10.0. The van der Waals surface area contributed by atoms with Crippen LogP contribution in [0.5, 0.6) is 0 Å². The summed E-state index contributed by atoms with van der Waals surface area (Å²) < 4.78 is 1.96. The quantitative estimate of drug-likeness (QED) is 0.909. The summed E-state index contributed by atoms with van der Waals surface area (Å²) in [6.45, 7) is 4.52. The molecule has 0 bridgehead atoms. The van der Waals surface area contributed by atoms with Gasteiger partial charge in [-0.15, -0.1) is 0 Å². The summed E-state index contributed by atoms with van der Waals surface area (Å²) in [5, 5.41) is 5.21. The summed E-state index contributed by atoms with van der Waals surface area (Å²) >= 11 is 6.01. The summed E-state index contributed by atoms with van der Waals surface area (Å²) in [4.78, 5) is 0. The smallest absolute Gasteiger partial charge is 0.0894 e. The number of aryl methyl sites for hydroxylation is 2. The molecule has 0 spiro atoms. The van der Waals surface area contributed by atoms with E-state index in [0.29, 0.717) is 6.54 Å². The number of hydrogen-bond acceptors (Lipinski definition) is 2. The maximum absolute atomic E-state index is 6.01. The SMILES string of the molecule is Cc1cc(C)n(C(CN)c2cccc(Cl)c2)n1. The molecule has 3 nitrogen and oxygen atoms in total. The third-order valence-electron chi connectivity index (χ3n) is 2.80. The first-order chi connectivity index (χ1) is 8.11. The largest absolute Gasteiger partial charge is 0.328 e. The lowest BCUT2D eigenvalue weighted by atomic mass is 10.1. The van der Waals surface area contributed by atoms with Crippen molar-refractivity contribution in [3.63, 3.8) is 0 Å². The fourth-order valence-corrected chi connectivity index (χ4v) is 2.25. The maximum Gasteiger partial charge on any atom is 0.0894 e. The molecule has 0 aliphatic carbocycles. The van der Waals surface area contributed by atoms with Gasteiger partial charge in [0.25, 0.3) is 0 Å². The van der Waals surface area contributed by atoms with Crippen LogP contribution in [0.2, 0.25) is 5.02 Å². The van der Waals surface area contributed by atoms with Gasteiger partial charge in [0.2, 0.25) is 0 Å². The molecule has 2 aromatic rings. The average Bonchev–Trinajstić information content (AvgIpc) is 2.59. The van der Waals surface area contributed by atoms with Crippen molar-refractivity contribution in [2.45, 2.75) is 19.9 Å². The molecule has 0 aliphatic rings. The minimum Gasteiger partial charge on any atom is -0.328 e. The van der Waals surface area contributed by atoms with Crippen LogP contribution in [0.3, 0.4) is 0 Å². The maximum atomic E-state index is 6.01. The highest BCUT2D eigenvalue weighted by molar-refractivity contribution is 6.30. The van der Waals surface area contributed by atoms with E-state index in [1.165, 1.54) is 0 Å². The van der Waals surface area contributed by atoms with Gasteiger partial charge in [0, 0.05) is 17.3 Å². The molecule has 1 heterocycles. The summed E-state index contributed by atoms with van der Waals surface area (Å²) in [5.74, 6) is 0. The molecule has 4 heteroatoms. The van der Waals surface area contributed by atoms with Gasteiger partial charge in [0.05, 0.1) is 11.7 Å². The van der Waals surface area contributed by atoms with Gasteiger partial charge in [-0.25, -0.2) is 0 Å². The second-order valence-corrected chi connectivity index (χ2v) is 4.61. The van der Waals surface area contributed by atoms with Crippen LogP contribution in [0, 0.1) is 13.8 Å². The molecule has 0 fully saturated rings. The van der Waals surface area contributed by atoms with Crippen molar-refractivity contribution in [1.82, 2.24) is 9.78 Å². The van der Waals surface area contributed by atoms with Gasteiger partial charge in [-0.3, -0.25) is 4.68 Å².